The van der Waals surface area contributed by atoms with Crippen LogP contribution in [0.5, 0.6) is 0 Å². The molecule has 1 aromatic rings. The minimum atomic E-state index is 0.0834. The first kappa shape index (κ1) is 11.9. The molecule has 0 saturated heterocycles. The second kappa shape index (κ2) is 5.61. The summed E-state index contributed by atoms with van der Waals surface area (Å²) in [6, 6.07) is 1.99. The average Bonchev–Trinajstić information content (AvgIpc) is 2.56. The lowest BCUT2D eigenvalue weighted by Crippen LogP contribution is -2.18. The lowest BCUT2D eigenvalue weighted by Gasteiger charge is -1.98. The van der Waals surface area contributed by atoms with Gasteiger partial charge in [0.15, 0.2) is 6.19 Å². The van der Waals surface area contributed by atoms with Crippen molar-refractivity contribution in [1.29, 1.82) is 15.9 Å². The minimum Gasteiger partial charge on any atom is -0.287 e. The standard InChI is InChI=1S/C7H5N5S3/c8-1-4-6(12-15-7(4)13)14-2-5(10)11-3-9/h13H,2H2,(H2,10,11). The van der Waals surface area contributed by atoms with Gasteiger partial charge in [-0.05, 0) is 11.5 Å². The fourth-order valence-corrected chi connectivity index (χ4v) is 2.59. The molecule has 0 bridgehead atoms. The lowest BCUT2D eigenvalue weighted by atomic mass is 10.4. The maximum atomic E-state index is 8.79. The first-order valence-corrected chi connectivity index (χ1v) is 5.83. The summed E-state index contributed by atoms with van der Waals surface area (Å²) in [6.45, 7) is 0. The Labute approximate surface area is 100 Å². The fourth-order valence-electron chi connectivity index (χ4n) is 0.706. The normalized spacial score (nSPS) is 9.00. The number of amidine groups is 1. The van der Waals surface area contributed by atoms with E-state index >= 15 is 0 Å². The van der Waals surface area contributed by atoms with E-state index in [9.17, 15) is 0 Å². The summed E-state index contributed by atoms with van der Waals surface area (Å²) in [5, 5.41) is 27.1. The van der Waals surface area contributed by atoms with Gasteiger partial charge in [-0.1, -0.05) is 11.8 Å². The van der Waals surface area contributed by atoms with E-state index in [4.69, 9.17) is 15.9 Å². The van der Waals surface area contributed by atoms with Crippen LogP contribution in [0.3, 0.4) is 0 Å². The molecule has 0 saturated carbocycles. The Bertz CT molecular complexity index is 452. The highest BCUT2D eigenvalue weighted by atomic mass is 32.2. The van der Waals surface area contributed by atoms with Crippen molar-refractivity contribution in [1.82, 2.24) is 9.69 Å². The van der Waals surface area contributed by atoms with Crippen LogP contribution >= 0.6 is 35.9 Å². The molecule has 0 aliphatic rings. The third-order valence-electron chi connectivity index (χ3n) is 1.31. The Morgan fingerprint density at radius 1 is 1.67 bits per heavy atom. The van der Waals surface area contributed by atoms with Crippen LogP contribution in [-0.4, -0.2) is 16.0 Å². The molecule has 0 atom stereocenters. The van der Waals surface area contributed by atoms with Gasteiger partial charge in [-0.15, -0.1) is 12.6 Å². The summed E-state index contributed by atoms with van der Waals surface area (Å²) in [5.74, 6) is 0.360. The van der Waals surface area contributed by atoms with Crippen molar-refractivity contribution in [3.63, 3.8) is 0 Å². The molecule has 0 spiro atoms. The third kappa shape index (κ3) is 3.13. The summed E-state index contributed by atoms with van der Waals surface area (Å²) < 4.78 is 4.59. The average molecular weight is 255 g/mol. The molecule has 0 radical (unpaired) electrons. The van der Waals surface area contributed by atoms with Crippen LogP contribution in [0.2, 0.25) is 0 Å². The van der Waals surface area contributed by atoms with E-state index in [0.29, 0.717) is 14.8 Å². The highest BCUT2D eigenvalue weighted by molar-refractivity contribution is 8.00. The minimum absolute atomic E-state index is 0.0834. The van der Waals surface area contributed by atoms with Gasteiger partial charge in [0, 0.05) is 0 Å². The van der Waals surface area contributed by atoms with Crippen LogP contribution in [0.4, 0.5) is 0 Å². The molecule has 1 rings (SSSR count). The number of nitriles is 2. The van der Waals surface area contributed by atoms with Crippen molar-refractivity contribution in [2.45, 2.75) is 9.24 Å². The van der Waals surface area contributed by atoms with Crippen LogP contribution in [-0.2, 0) is 0 Å². The Balaban J connectivity index is 2.63. The topological polar surface area (TPSA) is 96.3 Å². The van der Waals surface area contributed by atoms with E-state index in [1.54, 1.807) is 6.19 Å². The number of thioether (sulfide) groups is 1. The Morgan fingerprint density at radius 3 is 3.00 bits per heavy atom. The maximum absolute atomic E-state index is 8.79. The number of nitrogens with zero attached hydrogens (tertiary/aromatic N) is 3. The number of rotatable bonds is 3. The van der Waals surface area contributed by atoms with Crippen molar-refractivity contribution in [2.75, 3.05) is 5.75 Å². The Morgan fingerprint density at radius 2 is 2.40 bits per heavy atom. The summed E-state index contributed by atoms with van der Waals surface area (Å²) >= 11 is 6.45. The monoisotopic (exact) mass is 255 g/mol. The SMILES string of the molecule is N#CNC(=N)CSc1nsc(S)c1C#N. The molecule has 0 amide bonds. The number of hydrogen-bond acceptors (Lipinski definition) is 7. The van der Waals surface area contributed by atoms with Gasteiger partial charge in [0.2, 0.25) is 0 Å². The molecular weight excluding hydrogens is 250 g/mol. The van der Waals surface area contributed by atoms with Crippen LogP contribution in [0.15, 0.2) is 9.24 Å². The van der Waals surface area contributed by atoms with E-state index < -0.39 is 0 Å². The molecule has 0 fully saturated rings. The molecule has 2 N–H and O–H groups in total. The third-order valence-corrected chi connectivity index (χ3v) is 3.55. The van der Waals surface area contributed by atoms with Crippen LogP contribution < -0.4 is 5.32 Å². The second-order valence-electron chi connectivity index (χ2n) is 2.28. The molecule has 1 heterocycles. The van der Waals surface area contributed by atoms with E-state index in [0.717, 1.165) is 11.5 Å². The molecule has 1 aromatic heterocycles. The van der Waals surface area contributed by atoms with Gasteiger partial charge in [-0.25, -0.2) is 0 Å². The van der Waals surface area contributed by atoms with E-state index in [2.05, 4.69) is 22.3 Å². The predicted octanol–water partition coefficient (Wildman–Crippen LogP) is 1.44. The Hall–Kier alpha value is -1.22. The van der Waals surface area contributed by atoms with E-state index in [-0.39, 0.29) is 11.6 Å². The molecule has 0 aliphatic carbocycles. The molecule has 0 aliphatic heterocycles. The van der Waals surface area contributed by atoms with Gasteiger partial charge < -0.3 is 0 Å². The molecule has 0 unspecified atom stereocenters. The van der Waals surface area contributed by atoms with Gasteiger partial charge in [0.25, 0.3) is 0 Å². The molecular formula is C7H5N5S3. The van der Waals surface area contributed by atoms with Crippen LogP contribution in [0, 0.1) is 28.2 Å². The molecule has 15 heavy (non-hydrogen) atoms. The number of aromatic nitrogens is 1. The van der Waals surface area contributed by atoms with Crippen molar-refractivity contribution in [3.8, 4) is 12.3 Å². The quantitative estimate of drug-likeness (QED) is 0.190. The first-order valence-electron chi connectivity index (χ1n) is 3.63. The summed E-state index contributed by atoms with van der Waals surface area (Å²) in [5.41, 5.74) is 0.429. The van der Waals surface area contributed by atoms with Gasteiger partial charge in [0.05, 0.1) is 9.96 Å². The Kier molecular flexibility index (Phi) is 4.43. The largest absolute Gasteiger partial charge is 0.287 e. The zero-order valence-corrected chi connectivity index (χ0v) is 9.84. The van der Waals surface area contributed by atoms with E-state index in [1.807, 2.05) is 6.07 Å². The molecule has 76 valence electrons. The highest BCUT2D eigenvalue weighted by Crippen LogP contribution is 2.29. The van der Waals surface area contributed by atoms with Crippen LogP contribution in [0.25, 0.3) is 0 Å². The summed E-state index contributed by atoms with van der Waals surface area (Å²) in [6.07, 6.45) is 1.65. The highest BCUT2D eigenvalue weighted by Gasteiger charge is 2.11. The van der Waals surface area contributed by atoms with Gasteiger partial charge in [0.1, 0.15) is 22.5 Å². The molecule has 5 nitrogen and oxygen atoms in total. The zero-order chi connectivity index (χ0) is 11.3. The summed E-state index contributed by atoms with van der Waals surface area (Å²) in [4.78, 5) is 0. The second-order valence-corrected chi connectivity index (χ2v) is 4.77. The van der Waals surface area contributed by atoms with Gasteiger partial charge in [-0.3, -0.25) is 10.7 Å². The van der Waals surface area contributed by atoms with Crippen molar-refractivity contribution >= 4 is 41.8 Å². The smallest absolute Gasteiger partial charge is 0.182 e. The van der Waals surface area contributed by atoms with Crippen LogP contribution in [0.1, 0.15) is 5.56 Å². The molecule has 0 aromatic carbocycles. The maximum Gasteiger partial charge on any atom is 0.182 e. The van der Waals surface area contributed by atoms with Gasteiger partial charge >= 0.3 is 0 Å². The lowest BCUT2D eigenvalue weighted by molar-refractivity contribution is 1.20. The summed E-state index contributed by atoms with van der Waals surface area (Å²) in [7, 11) is 0. The zero-order valence-electron chi connectivity index (χ0n) is 7.31. The van der Waals surface area contributed by atoms with Crippen molar-refractivity contribution in [2.24, 2.45) is 0 Å². The number of hydrogen-bond donors (Lipinski definition) is 3. The molecule has 8 heteroatoms. The fraction of sp³-hybridized carbons (Fsp3) is 0.143. The van der Waals surface area contributed by atoms with Crippen molar-refractivity contribution < 1.29 is 0 Å². The first-order chi connectivity index (χ1) is 7.19. The van der Waals surface area contributed by atoms with E-state index in [1.165, 1.54) is 11.8 Å². The number of thiol groups is 1. The number of nitrogens with one attached hydrogen (secondary N) is 2. The van der Waals surface area contributed by atoms with Crippen molar-refractivity contribution in [3.05, 3.63) is 5.56 Å². The predicted molar refractivity (Wildman–Crippen MR) is 61.3 cm³/mol. The van der Waals surface area contributed by atoms with Gasteiger partial charge in [-0.2, -0.15) is 14.9 Å².